The molecule has 1 N–H and O–H groups in total. The summed E-state index contributed by atoms with van der Waals surface area (Å²) in [5.74, 6) is 0.196. The highest BCUT2D eigenvalue weighted by Crippen LogP contribution is 2.34. The number of carbonyl (C=O) groups excluding carboxylic acids is 1. The van der Waals surface area contributed by atoms with Crippen LogP contribution in [-0.4, -0.2) is 37.5 Å². The fraction of sp³-hybridized carbons (Fsp3) is 0.348. The molecule has 0 aliphatic carbocycles. The molecule has 0 radical (unpaired) electrons. The van der Waals surface area contributed by atoms with Crippen molar-refractivity contribution in [1.29, 1.82) is 0 Å². The molecule has 3 rings (SSSR count). The van der Waals surface area contributed by atoms with Crippen molar-refractivity contribution >= 4 is 11.5 Å². The molecule has 3 nitrogen and oxygen atoms in total. The van der Waals surface area contributed by atoms with E-state index in [0.717, 1.165) is 32.4 Å². The predicted octanol–water partition coefficient (Wildman–Crippen LogP) is 3.89. The lowest BCUT2D eigenvalue weighted by atomic mass is 9.86. The molecule has 0 bridgehead atoms. The third-order valence-electron chi connectivity index (χ3n) is 5.13. The number of piperidine rings is 1. The lowest BCUT2D eigenvalue weighted by molar-refractivity contribution is -0.130. The normalized spacial score (nSPS) is 14.4. The minimum absolute atomic E-state index is 0.196. The Hall–Kier alpha value is -2.39. The average molecular weight is 348 g/mol. The van der Waals surface area contributed by atoms with E-state index in [0.29, 0.717) is 6.54 Å². The summed E-state index contributed by atoms with van der Waals surface area (Å²) in [5, 5.41) is 2.96. The highest BCUT2D eigenvalue weighted by molar-refractivity contribution is 5.84. The van der Waals surface area contributed by atoms with Crippen LogP contribution in [0.15, 0.2) is 60.2 Å². The van der Waals surface area contributed by atoms with Crippen molar-refractivity contribution in [2.75, 3.05) is 26.7 Å². The van der Waals surface area contributed by atoms with Crippen molar-refractivity contribution < 1.29 is 4.79 Å². The number of hydrogen-bond donors (Lipinski definition) is 1. The van der Waals surface area contributed by atoms with Gasteiger partial charge in [-0.1, -0.05) is 67.1 Å². The quantitative estimate of drug-likeness (QED) is 0.889. The molecule has 1 aliphatic heterocycles. The molecule has 2 aromatic carbocycles. The minimum Gasteiger partial charge on any atom is -0.341 e. The van der Waals surface area contributed by atoms with Gasteiger partial charge < -0.3 is 10.2 Å². The number of benzene rings is 2. The van der Waals surface area contributed by atoms with E-state index >= 15 is 0 Å². The van der Waals surface area contributed by atoms with E-state index in [1.807, 2.05) is 11.9 Å². The van der Waals surface area contributed by atoms with Crippen molar-refractivity contribution in [3.8, 4) is 0 Å². The first-order valence-corrected chi connectivity index (χ1v) is 9.52. The SMILES string of the molecule is CCc1ccccc1C(=C1CCN(C(=O)CNC)CC1)c1ccccc1. The number of carbonyl (C=O) groups is 1. The molecule has 3 heteroatoms. The Balaban J connectivity index is 1.97. The van der Waals surface area contributed by atoms with Crippen LogP contribution in [0.2, 0.25) is 0 Å². The maximum Gasteiger partial charge on any atom is 0.236 e. The molecule has 1 saturated heterocycles. The van der Waals surface area contributed by atoms with Crippen LogP contribution < -0.4 is 5.32 Å². The van der Waals surface area contributed by atoms with Gasteiger partial charge in [0.2, 0.25) is 5.91 Å². The summed E-state index contributed by atoms with van der Waals surface area (Å²) in [7, 11) is 1.82. The molecular formula is C23H28N2O. The zero-order valence-corrected chi connectivity index (χ0v) is 15.8. The van der Waals surface area contributed by atoms with Crippen molar-refractivity contribution in [3.63, 3.8) is 0 Å². The lowest BCUT2D eigenvalue weighted by Gasteiger charge is -2.30. The zero-order valence-electron chi connectivity index (χ0n) is 15.8. The van der Waals surface area contributed by atoms with E-state index < -0.39 is 0 Å². The molecule has 1 aliphatic rings. The van der Waals surface area contributed by atoms with Crippen molar-refractivity contribution in [2.24, 2.45) is 0 Å². The van der Waals surface area contributed by atoms with Crippen LogP contribution in [0.3, 0.4) is 0 Å². The summed E-state index contributed by atoms with van der Waals surface area (Å²) in [5.41, 5.74) is 6.83. The zero-order chi connectivity index (χ0) is 18.4. The third-order valence-corrected chi connectivity index (χ3v) is 5.13. The summed E-state index contributed by atoms with van der Waals surface area (Å²) in [4.78, 5) is 14.1. The van der Waals surface area contributed by atoms with Gasteiger partial charge in [0, 0.05) is 13.1 Å². The summed E-state index contributed by atoms with van der Waals surface area (Å²) in [6.07, 6.45) is 2.90. The van der Waals surface area contributed by atoms with Gasteiger partial charge in [0.1, 0.15) is 0 Å². The monoisotopic (exact) mass is 348 g/mol. The van der Waals surface area contributed by atoms with Crippen LogP contribution in [0.25, 0.3) is 5.57 Å². The highest BCUT2D eigenvalue weighted by atomic mass is 16.2. The largest absolute Gasteiger partial charge is 0.341 e. The van der Waals surface area contributed by atoms with E-state index in [2.05, 4.69) is 66.8 Å². The molecule has 0 spiro atoms. The smallest absolute Gasteiger partial charge is 0.236 e. The summed E-state index contributed by atoms with van der Waals surface area (Å²) in [6, 6.07) is 19.4. The molecular weight excluding hydrogens is 320 g/mol. The standard InChI is InChI=1S/C23H28N2O/c1-3-18-9-7-8-12-21(18)23(19-10-5-4-6-11-19)20-13-15-25(16-14-20)22(26)17-24-2/h4-12,24H,3,13-17H2,1-2H3. The number of rotatable bonds is 5. The van der Waals surface area contributed by atoms with Crippen LogP contribution in [-0.2, 0) is 11.2 Å². The van der Waals surface area contributed by atoms with E-state index in [1.165, 1.54) is 27.8 Å². The summed E-state index contributed by atoms with van der Waals surface area (Å²) >= 11 is 0. The molecule has 0 saturated carbocycles. The van der Waals surface area contributed by atoms with Gasteiger partial charge in [-0.2, -0.15) is 0 Å². The van der Waals surface area contributed by atoms with Crippen LogP contribution in [0.1, 0.15) is 36.5 Å². The predicted molar refractivity (Wildman–Crippen MR) is 108 cm³/mol. The molecule has 1 amide bonds. The average Bonchev–Trinajstić information content (AvgIpc) is 2.70. The number of amides is 1. The lowest BCUT2D eigenvalue weighted by Crippen LogP contribution is -2.41. The van der Waals surface area contributed by atoms with Gasteiger partial charge in [-0.3, -0.25) is 4.79 Å². The first-order chi connectivity index (χ1) is 12.7. The molecule has 0 atom stereocenters. The Bertz CT molecular complexity index is 770. The van der Waals surface area contributed by atoms with Gasteiger partial charge in [0.25, 0.3) is 0 Å². The van der Waals surface area contributed by atoms with Crippen LogP contribution in [0.4, 0.5) is 0 Å². The molecule has 0 unspecified atom stereocenters. The van der Waals surface area contributed by atoms with E-state index in [1.54, 1.807) is 0 Å². The van der Waals surface area contributed by atoms with E-state index in [-0.39, 0.29) is 5.91 Å². The first kappa shape index (κ1) is 18.4. The van der Waals surface area contributed by atoms with Gasteiger partial charge >= 0.3 is 0 Å². The Labute approximate surface area is 156 Å². The maximum absolute atomic E-state index is 12.2. The fourth-order valence-electron chi connectivity index (χ4n) is 3.77. The summed E-state index contributed by atoms with van der Waals surface area (Å²) in [6.45, 7) is 4.25. The molecule has 26 heavy (non-hydrogen) atoms. The van der Waals surface area contributed by atoms with Gasteiger partial charge in [-0.25, -0.2) is 0 Å². The van der Waals surface area contributed by atoms with E-state index in [4.69, 9.17) is 0 Å². The van der Waals surface area contributed by atoms with Crippen molar-refractivity contribution in [1.82, 2.24) is 10.2 Å². The van der Waals surface area contributed by atoms with Crippen LogP contribution in [0.5, 0.6) is 0 Å². The molecule has 1 fully saturated rings. The number of hydrogen-bond acceptors (Lipinski definition) is 2. The molecule has 136 valence electrons. The first-order valence-electron chi connectivity index (χ1n) is 9.52. The molecule has 2 aromatic rings. The van der Waals surface area contributed by atoms with Crippen LogP contribution >= 0.6 is 0 Å². The second kappa shape index (κ2) is 8.81. The van der Waals surface area contributed by atoms with Gasteiger partial charge in [-0.15, -0.1) is 0 Å². The minimum atomic E-state index is 0.196. The topological polar surface area (TPSA) is 32.3 Å². The van der Waals surface area contributed by atoms with Gasteiger partial charge in [-0.05, 0) is 48.6 Å². The van der Waals surface area contributed by atoms with Gasteiger partial charge in [0.15, 0.2) is 0 Å². The molecule has 0 aromatic heterocycles. The number of nitrogens with zero attached hydrogens (tertiary/aromatic N) is 1. The molecule has 1 heterocycles. The number of likely N-dealkylation sites (tertiary alicyclic amines) is 1. The van der Waals surface area contributed by atoms with E-state index in [9.17, 15) is 4.79 Å². The Morgan fingerprint density at radius 2 is 1.65 bits per heavy atom. The number of likely N-dealkylation sites (N-methyl/N-ethyl adjacent to an activating group) is 1. The fourth-order valence-corrected chi connectivity index (χ4v) is 3.77. The van der Waals surface area contributed by atoms with Crippen molar-refractivity contribution in [3.05, 3.63) is 76.9 Å². The Morgan fingerprint density at radius 1 is 1.00 bits per heavy atom. The number of nitrogens with one attached hydrogen (secondary N) is 1. The number of aryl methyl sites for hydroxylation is 1. The van der Waals surface area contributed by atoms with Gasteiger partial charge in [0.05, 0.1) is 6.54 Å². The van der Waals surface area contributed by atoms with Crippen LogP contribution in [0, 0.1) is 0 Å². The Morgan fingerprint density at radius 3 is 2.31 bits per heavy atom. The van der Waals surface area contributed by atoms with Crippen molar-refractivity contribution in [2.45, 2.75) is 26.2 Å². The highest BCUT2D eigenvalue weighted by Gasteiger charge is 2.22. The Kier molecular flexibility index (Phi) is 6.24. The second-order valence-corrected chi connectivity index (χ2v) is 6.77. The summed E-state index contributed by atoms with van der Waals surface area (Å²) < 4.78 is 0. The third kappa shape index (κ3) is 4.05. The maximum atomic E-state index is 12.2. The second-order valence-electron chi connectivity index (χ2n) is 6.77.